The molecular weight excluding hydrogens is 404 g/mol. The number of nitrogens with one attached hydrogen (secondary N) is 1. The topological polar surface area (TPSA) is 66.5 Å². The van der Waals surface area contributed by atoms with Crippen LogP contribution in [-0.4, -0.2) is 26.6 Å². The summed E-state index contributed by atoms with van der Waals surface area (Å²) in [4.78, 5) is 12.6. The van der Waals surface area contributed by atoms with E-state index in [2.05, 4.69) is 21.2 Å². The SMILES string of the molecule is Cc1ccc(Br)cc1NC(=O)c1ccc2c(c1)CC(C)N2S(C)(=O)=O. The molecule has 2 aromatic rings. The Morgan fingerprint density at radius 2 is 1.96 bits per heavy atom. The highest BCUT2D eigenvalue weighted by Crippen LogP contribution is 2.35. The van der Waals surface area contributed by atoms with Crippen molar-refractivity contribution in [1.29, 1.82) is 0 Å². The van der Waals surface area contributed by atoms with Crippen LogP contribution in [0.1, 0.15) is 28.4 Å². The Balaban J connectivity index is 1.89. The van der Waals surface area contributed by atoms with Gasteiger partial charge in [-0.15, -0.1) is 0 Å². The van der Waals surface area contributed by atoms with Crippen LogP contribution in [0.2, 0.25) is 0 Å². The van der Waals surface area contributed by atoms with Gasteiger partial charge in [-0.25, -0.2) is 8.42 Å². The third-order valence-electron chi connectivity index (χ3n) is 4.30. The zero-order valence-corrected chi connectivity index (χ0v) is 16.6. The lowest BCUT2D eigenvalue weighted by Gasteiger charge is -2.21. The maximum atomic E-state index is 12.6. The fraction of sp³-hybridized carbons (Fsp3) is 0.278. The maximum absolute atomic E-state index is 12.6. The number of carbonyl (C=O) groups is 1. The average Bonchev–Trinajstić information content (AvgIpc) is 2.85. The molecule has 1 heterocycles. The number of carbonyl (C=O) groups excluding carboxylic acids is 1. The first-order chi connectivity index (χ1) is 11.7. The number of rotatable bonds is 3. The van der Waals surface area contributed by atoms with Gasteiger partial charge in [0.05, 0.1) is 11.9 Å². The number of anilines is 2. The summed E-state index contributed by atoms with van der Waals surface area (Å²) in [6.07, 6.45) is 1.80. The summed E-state index contributed by atoms with van der Waals surface area (Å²) in [7, 11) is -3.33. The van der Waals surface area contributed by atoms with Gasteiger partial charge in [0.15, 0.2) is 0 Å². The highest BCUT2D eigenvalue weighted by atomic mass is 79.9. The second-order valence-corrected chi connectivity index (χ2v) is 9.14. The average molecular weight is 423 g/mol. The monoisotopic (exact) mass is 422 g/mol. The lowest BCUT2D eigenvalue weighted by Crippen LogP contribution is -2.34. The fourth-order valence-corrected chi connectivity index (χ4v) is 4.80. The molecule has 1 atom stereocenters. The second-order valence-electron chi connectivity index (χ2n) is 6.37. The van der Waals surface area contributed by atoms with Gasteiger partial charge < -0.3 is 5.32 Å². The molecule has 7 heteroatoms. The molecular formula is C18H19BrN2O3S. The maximum Gasteiger partial charge on any atom is 0.255 e. The summed E-state index contributed by atoms with van der Waals surface area (Å²) in [5, 5.41) is 2.91. The number of benzene rings is 2. The molecule has 1 N–H and O–H groups in total. The molecule has 3 rings (SSSR count). The van der Waals surface area contributed by atoms with Crippen molar-refractivity contribution in [3.05, 3.63) is 57.6 Å². The molecule has 0 aromatic heterocycles. The van der Waals surface area contributed by atoms with Crippen molar-refractivity contribution in [2.24, 2.45) is 0 Å². The predicted octanol–water partition coefficient (Wildman–Crippen LogP) is 3.72. The standard InChI is InChI=1S/C18H19BrN2O3S/c1-11-4-6-15(19)10-16(11)20-18(22)13-5-7-17-14(9-13)8-12(2)21(17)25(3,23)24/h4-7,9-10,12H,8H2,1-3H3,(H,20,22). The minimum atomic E-state index is -3.33. The van der Waals surface area contributed by atoms with E-state index in [1.807, 2.05) is 32.0 Å². The Morgan fingerprint density at radius 1 is 1.24 bits per heavy atom. The van der Waals surface area contributed by atoms with E-state index in [1.165, 1.54) is 10.6 Å². The van der Waals surface area contributed by atoms with Crippen LogP contribution in [0, 0.1) is 6.92 Å². The quantitative estimate of drug-likeness (QED) is 0.819. The van der Waals surface area contributed by atoms with Gasteiger partial charge in [0.25, 0.3) is 5.91 Å². The van der Waals surface area contributed by atoms with E-state index in [0.29, 0.717) is 17.7 Å². The molecule has 25 heavy (non-hydrogen) atoms. The van der Waals surface area contributed by atoms with Gasteiger partial charge in [0.1, 0.15) is 0 Å². The number of nitrogens with zero attached hydrogens (tertiary/aromatic N) is 1. The summed E-state index contributed by atoms with van der Waals surface area (Å²) in [5.41, 5.74) is 3.75. The molecule has 5 nitrogen and oxygen atoms in total. The zero-order chi connectivity index (χ0) is 18.4. The number of sulfonamides is 1. The number of halogens is 1. The van der Waals surface area contributed by atoms with Crippen molar-refractivity contribution in [2.45, 2.75) is 26.3 Å². The second kappa shape index (κ2) is 6.46. The lowest BCUT2D eigenvalue weighted by atomic mass is 10.1. The number of amides is 1. The van der Waals surface area contributed by atoms with Crippen LogP contribution in [0.15, 0.2) is 40.9 Å². The van der Waals surface area contributed by atoms with Crippen molar-refractivity contribution in [1.82, 2.24) is 0 Å². The minimum absolute atomic E-state index is 0.143. The highest BCUT2D eigenvalue weighted by molar-refractivity contribution is 9.10. The van der Waals surface area contributed by atoms with Crippen molar-refractivity contribution < 1.29 is 13.2 Å². The summed E-state index contributed by atoms with van der Waals surface area (Å²) >= 11 is 3.40. The number of hydrogen-bond donors (Lipinski definition) is 1. The molecule has 0 fully saturated rings. The van der Waals surface area contributed by atoms with Gasteiger partial charge in [0.2, 0.25) is 10.0 Å². The van der Waals surface area contributed by atoms with Crippen molar-refractivity contribution >= 4 is 43.2 Å². The van der Waals surface area contributed by atoms with Crippen LogP contribution in [0.3, 0.4) is 0 Å². The molecule has 0 bridgehead atoms. The number of aryl methyl sites for hydroxylation is 1. The first-order valence-electron chi connectivity index (χ1n) is 7.86. The highest BCUT2D eigenvalue weighted by Gasteiger charge is 2.32. The molecule has 2 aromatic carbocycles. The molecule has 1 unspecified atom stereocenters. The molecule has 0 saturated carbocycles. The van der Waals surface area contributed by atoms with Crippen molar-refractivity contribution in [2.75, 3.05) is 15.9 Å². The van der Waals surface area contributed by atoms with Gasteiger partial charge in [-0.1, -0.05) is 22.0 Å². The lowest BCUT2D eigenvalue weighted by molar-refractivity contribution is 0.102. The van der Waals surface area contributed by atoms with Gasteiger partial charge >= 0.3 is 0 Å². The molecule has 0 spiro atoms. The fourth-order valence-electron chi connectivity index (χ4n) is 3.17. The molecule has 0 saturated heterocycles. The first kappa shape index (κ1) is 17.9. The van der Waals surface area contributed by atoms with E-state index >= 15 is 0 Å². The van der Waals surface area contributed by atoms with E-state index in [9.17, 15) is 13.2 Å². The van der Waals surface area contributed by atoms with Crippen LogP contribution in [0.4, 0.5) is 11.4 Å². The van der Waals surface area contributed by atoms with Gasteiger partial charge in [0, 0.05) is 21.8 Å². The third-order valence-corrected chi connectivity index (χ3v) is 6.06. The molecule has 1 amide bonds. The van der Waals surface area contributed by atoms with Gasteiger partial charge in [-0.3, -0.25) is 9.10 Å². The molecule has 132 valence electrons. The molecule has 1 aliphatic heterocycles. The Labute approximate surface area is 156 Å². The number of fused-ring (bicyclic) bond motifs is 1. The van der Waals surface area contributed by atoms with Crippen molar-refractivity contribution in [3.8, 4) is 0 Å². The largest absolute Gasteiger partial charge is 0.322 e. The Kier molecular flexibility index (Phi) is 4.64. The summed E-state index contributed by atoms with van der Waals surface area (Å²) in [5.74, 6) is -0.213. The van der Waals surface area contributed by atoms with Gasteiger partial charge in [-0.2, -0.15) is 0 Å². The summed E-state index contributed by atoms with van der Waals surface area (Å²) in [6, 6.07) is 10.7. The van der Waals surface area contributed by atoms with Crippen LogP contribution < -0.4 is 9.62 Å². The normalized spacial score (nSPS) is 16.6. The zero-order valence-electron chi connectivity index (χ0n) is 14.2. The van der Waals surface area contributed by atoms with E-state index in [1.54, 1.807) is 18.2 Å². The number of hydrogen-bond acceptors (Lipinski definition) is 3. The Bertz CT molecular complexity index is 957. The summed E-state index contributed by atoms with van der Waals surface area (Å²) in [6.45, 7) is 3.79. The van der Waals surface area contributed by atoms with Crippen LogP contribution in [-0.2, 0) is 16.4 Å². The van der Waals surface area contributed by atoms with E-state index in [4.69, 9.17) is 0 Å². The molecule has 0 aliphatic carbocycles. The van der Waals surface area contributed by atoms with Gasteiger partial charge in [-0.05, 0) is 61.7 Å². The van der Waals surface area contributed by atoms with Crippen LogP contribution >= 0.6 is 15.9 Å². The van der Waals surface area contributed by atoms with Crippen LogP contribution in [0.5, 0.6) is 0 Å². The van der Waals surface area contributed by atoms with Crippen LogP contribution in [0.25, 0.3) is 0 Å². The Hall–Kier alpha value is -1.86. The molecule has 1 aliphatic rings. The van der Waals surface area contributed by atoms with E-state index in [-0.39, 0.29) is 11.9 Å². The molecule has 0 radical (unpaired) electrons. The minimum Gasteiger partial charge on any atom is -0.322 e. The Morgan fingerprint density at radius 3 is 2.64 bits per heavy atom. The van der Waals surface area contributed by atoms with E-state index in [0.717, 1.165) is 21.3 Å². The van der Waals surface area contributed by atoms with Crippen molar-refractivity contribution in [3.63, 3.8) is 0 Å². The summed E-state index contributed by atoms with van der Waals surface area (Å²) < 4.78 is 26.3. The first-order valence-corrected chi connectivity index (χ1v) is 10.5. The third kappa shape index (κ3) is 3.57. The predicted molar refractivity (Wildman–Crippen MR) is 104 cm³/mol. The van der Waals surface area contributed by atoms with E-state index < -0.39 is 10.0 Å². The smallest absolute Gasteiger partial charge is 0.255 e.